The molecule has 13 heteroatoms. The monoisotopic (exact) mass is 467 g/mol. The van der Waals surface area contributed by atoms with Gasteiger partial charge in [-0.15, -0.1) is 0 Å². The predicted molar refractivity (Wildman–Crippen MR) is 109 cm³/mol. The van der Waals surface area contributed by atoms with Crippen molar-refractivity contribution >= 4 is 39.4 Å². The Morgan fingerprint density at radius 2 is 1.97 bits per heavy atom. The fourth-order valence-corrected chi connectivity index (χ4v) is 4.47. The number of amides is 1. The molecule has 11 nitrogen and oxygen atoms in total. The number of benzene rings is 2. The van der Waals surface area contributed by atoms with E-state index in [-0.39, 0.29) is 47.3 Å². The fraction of sp³-hybridized carbons (Fsp3) is 0.222. The molecule has 3 rings (SSSR count). The van der Waals surface area contributed by atoms with Gasteiger partial charge in [0.15, 0.2) is 0 Å². The number of hydrazone groups is 1. The number of sulfonamides is 1. The van der Waals surface area contributed by atoms with Crippen LogP contribution in [0.15, 0.2) is 46.4 Å². The van der Waals surface area contributed by atoms with Gasteiger partial charge in [-0.25, -0.2) is 13.8 Å². The fourth-order valence-electron chi connectivity index (χ4n) is 2.79. The number of nitro benzene ring substituents is 1. The Labute approximate surface area is 182 Å². The SMILES string of the molecule is O=C(N/N=C\c1cc(Cl)cc([N+](=O)[O-])c1[O-])c1cccc(S(=O)(=O)N2CCOCC2)c1. The topological polar surface area (TPSA) is 154 Å². The predicted octanol–water partition coefficient (Wildman–Crippen LogP) is 1.11. The van der Waals surface area contributed by atoms with Gasteiger partial charge in [-0.05, 0) is 35.6 Å². The highest BCUT2D eigenvalue weighted by Crippen LogP contribution is 2.29. The van der Waals surface area contributed by atoms with E-state index in [4.69, 9.17) is 16.3 Å². The zero-order chi connectivity index (χ0) is 22.6. The quantitative estimate of drug-likeness (QED) is 0.379. The number of hydrogen-bond donors (Lipinski definition) is 1. The van der Waals surface area contributed by atoms with Crippen LogP contribution in [0.25, 0.3) is 0 Å². The maximum Gasteiger partial charge on any atom is 0.271 e. The molecule has 0 saturated carbocycles. The lowest BCUT2D eigenvalue weighted by Gasteiger charge is -2.26. The number of morpholine rings is 1. The average Bonchev–Trinajstić information content (AvgIpc) is 2.76. The van der Waals surface area contributed by atoms with Gasteiger partial charge in [0.1, 0.15) is 0 Å². The zero-order valence-electron chi connectivity index (χ0n) is 15.9. The molecule has 1 heterocycles. The maximum atomic E-state index is 12.7. The molecule has 2 aromatic carbocycles. The van der Waals surface area contributed by atoms with Crippen LogP contribution in [0.2, 0.25) is 5.02 Å². The van der Waals surface area contributed by atoms with Gasteiger partial charge < -0.3 is 9.84 Å². The highest BCUT2D eigenvalue weighted by Gasteiger charge is 2.26. The van der Waals surface area contributed by atoms with Gasteiger partial charge in [-0.3, -0.25) is 14.9 Å². The summed E-state index contributed by atoms with van der Waals surface area (Å²) in [5.74, 6) is -1.65. The average molecular weight is 468 g/mol. The zero-order valence-corrected chi connectivity index (χ0v) is 17.4. The number of halogens is 1. The van der Waals surface area contributed by atoms with Crippen LogP contribution in [0.5, 0.6) is 5.75 Å². The molecule has 0 aliphatic carbocycles. The van der Waals surface area contributed by atoms with Crippen LogP contribution < -0.4 is 10.5 Å². The van der Waals surface area contributed by atoms with Crippen LogP contribution in [0.4, 0.5) is 5.69 Å². The van der Waals surface area contributed by atoms with Crippen molar-refractivity contribution in [1.82, 2.24) is 9.73 Å². The summed E-state index contributed by atoms with van der Waals surface area (Å²) >= 11 is 5.77. The van der Waals surface area contributed by atoms with Crippen LogP contribution in [0.3, 0.4) is 0 Å². The molecule has 0 atom stereocenters. The molecule has 2 aromatic rings. The Balaban J connectivity index is 1.76. The molecular formula is C18H16ClN4O7S-. The Bertz CT molecular complexity index is 1150. The summed E-state index contributed by atoms with van der Waals surface area (Å²) in [5.41, 5.74) is 1.26. The Hall–Kier alpha value is -3.06. The number of carbonyl (C=O) groups excluding carboxylic acids is 1. The lowest BCUT2D eigenvalue weighted by atomic mass is 10.2. The van der Waals surface area contributed by atoms with Gasteiger partial charge in [-0.2, -0.15) is 9.41 Å². The Morgan fingerprint density at radius 3 is 2.65 bits per heavy atom. The largest absolute Gasteiger partial charge is 0.867 e. The molecular weight excluding hydrogens is 452 g/mol. The molecule has 1 saturated heterocycles. The minimum absolute atomic E-state index is 0.0194. The third-order valence-corrected chi connectivity index (χ3v) is 6.45. The third-order valence-electron chi connectivity index (χ3n) is 4.33. The minimum Gasteiger partial charge on any atom is -0.867 e. The van der Waals surface area contributed by atoms with Crippen molar-refractivity contribution in [3.8, 4) is 5.75 Å². The van der Waals surface area contributed by atoms with Crippen molar-refractivity contribution in [3.05, 3.63) is 62.7 Å². The van der Waals surface area contributed by atoms with Gasteiger partial charge in [0.05, 0.1) is 29.2 Å². The van der Waals surface area contributed by atoms with Crippen molar-refractivity contribution in [3.63, 3.8) is 0 Å². The van der Waals surface area contributed by atoms with Crippen molar-refractivity contribution in [2.45, 2.75) is 4.90 Å². The number of hydrogen-bond acceptors (Lipinski definition) is 8. The molecule has 1 aliphatic heterocycles. The first kappa shape index (κ1) is 22.6. The Morgan fingerprint density at radius 1 is 1.26 bits per heavy atom. The first-order valence-corrected chi connectivity index (χ1v) is 10.7. The Kier molecular flexibility index (Phi) is 6.85. The van der Waals surface area contributed by atoms with E-state index in [1.807, 2.05) is 0 Å². The van der Waals surface area contributed by atoms with Gasteiger partial charge in [-0.1, -0.05) is 17.7 Å². The van der Waals surface area contributed by atoms with E-state index in [1.165, 1.54) is 34.6 Å². The molecule has 0 unspecified atom stereocenters. The van der Waals surface area contributed by atoms with Crippen LogP contribution in [-0.4, -0.2) is 56.1 Å². The van der Waals surface area contributed by atoms with E-state index in [2.05, 4.69) is 10.5 Å². The van der Waals surface area contributed by atoms with Crippen molar-refractivity contribution in [2.24, 2.45) is 5.10 Å². The lowest BCUT2D eigenvalue weighted by molar-refractivity contribution is -0.398. The number of carbonyl (C=O) groups is 1. The van der Waals surface area contributed by atoms with Crippen LogP contribution in [-0.2, 0) is 14.8 Å². The third kappa shape index (κ3) is 5.17. The first-order chi connectivity index (χ1) is 14.7. The standard InChI is InChI=1S/C18H17ClN4O7S/c19-14-8-13(17(24)16(10-14)23(26)27)11-20-21-18(25)12-2-1-3-15(9-12)31(28,29)22-4-6-30-7-5-22/h1-3,8-11,24H,4-7H2,(H,21,25)/p-1/b20-11-. The summed E-state index contributed by atoms with van der Waals surface area (Å²) in [7, 11) is -3.79. The number of rotatable bonds is 6. The second kappa shape index (κ2) is 9.39. The van der Waals surface area contributed by atoms with E-state index in [0.29, 0.717) is 0 Å². The summed E-state index contributed by atoms with van der Waals surface area (Å²) in [5, 5.41) is 26.5. The van der Waals surface area contributed by atoms with Crippen LogP contribution in [0.1, 0.15) is 15.9 Å². The highest BCUT2D eigenvalue weighted by molar-refractivity contribution is 7.89. The molecule has 0 radical (unpaired) electrons. The summed E-state index contributed by atoms with van der Waals surface area (Å²) in [6.45, 7) is 1.01. The van der Waals surface area contributed by atoms with E-state index < -0.39 is 32.3 Å². The van der Waals surface area contributed by atoms with Gasteiger partial charge >= 0.3 is 0 Å². The van der Waals surface area contributed by atoms with E-state index in [1.54, 1.807) is 0 Å². The molecule has 31 heavy (non-hydrogen) atoms. The van der Waals surface area contributed by atoms with Gasteiger partial charge in [0.25, 0.3) is 11.6 Å². The summed E-state index contributed by atoms with van der Waals surface area (Å²) in [6, 6.07) is 7.48. The molecule has 0 spiro atoms. The molecule has 1 N–H and O–H groups in total. The molecule has 1 amide bonds. The molecule has 164 valence electrons. The number of ether oxygens (including phenoxy) is 1. The van der Waals surface area contributed by atoms with Crippen LogP contribution in [0, 0.1) is 10.1 Å². The summed E-state index contributed by atoms with van der Waals surface area (Å²) < 4.78 is 31.9. The van der Waals surface area contributed by atoms with Crippen LogP contribution >= 0.6 is 11.6 Å². The number of nitro groups is 1. The minimum atomic E-state index is -3.79. The maximum absolute atomic E-state index is 12.7. The van der Waals surface area contributed by atoms with Crippen molar-refractivity contribution in [2.75, 3.05) is 26.3 Å². The molecule has 1 aliphatic rings. The number of nitrogens with zero attached hydrogens (tertiary/aromatic N) is 3. The van der Waals surface area contributed by atoms with Gasteiger partial charge in [0, 0.05) is 29.7 Å². The second-order valence-corrected chi connectivity index (χ2v) is 8.72. The second-order valence-electron chi connectivity index (χ2n) is 6.34. The first-order valence-electron chi connectivity index (χ1n) is 8.86. The molecule has 1 fully saturated rings. The van der Waals surface area contributed by atoms with Crippen molar-refractivity contribution < 1.29 is 28.0 Å². The lowest BCUT2D eigenvalue weighted by Crippen LogP contribution is -2.40. The molecule has 0 bridgehead atoms. The van der Waals surface area contributed by atoms with E-state index in [0.717, 1.165) is 12.3 Å². The van der Waals surface area contributed by atoms with Crippen molar-refractivity contribution in [1.29, 1.82) is 0 Å². The number of nitrogens with one attached hydrogen (secondary N) is 1. The van der Waals surface area contributed by atoms with E-state index >= 15 is 0 Å². The van der Waals surface area contributed by atoms with Gasteiger partial charge in [0.2, 0.25) is 10.0 Å². The molecule has 0 aromatic heterocycles. The summed E-state index contributed by atoms with van der Waals surface area (Å²) in [6.07, 6.45) is 0.924. The normalized spacial score (nSPS) is 15.1. The summed E-state index contributed by atoms with van der Waals surface area (Å²) in [4.78, 5) is 22.3. The highest BCUT2D eigenvalue weighted by atomic mass is 35.5. The van der Waals surface area contributed by atoms with E-state index in [9.17, 15) is 28.4 Å². The smallest absolute Gasteiger partial charge is 0.271 e.